The maximum absolute atomic E-state index is 13.7. The van der Waals surface area contributed by atoms with Crippen molar-refractivity contribution in [1.29, 1.82) is 0 Å². The molecule has 2 aliphatic rings. The van der Waals surface area contributed by atoms with Gasteiger partial charge in [-0.2, -0.15) is 0 Å². The van der Waals surface area contributed by atoms with Crippen LogP contribution in [0, 0.1) is 0 Å². The molecular formula is C29H33N3O5S. The largest absolute Gasteiger partial charge is 0.454 e. The normalized spacial score (nSPS) is 16.6. The third-order valence-corrected chi connectivity index (χ3v) is 8.12. The van der Waals surface area contributed by atoms with Crippen LogP contribution in [0.3, 0.4) is 0 Å². The van der Waals surface area contributed by atoms with Gasteiger partial charge in [-0.15, -0.1) is 0 Å². The van der Waals surface area contributed by atoms with Gasteiger partial charge in [-0.05, 0) is 41.3 Å². The molecule has 0 spiro atoms. The fraction of sp³-hybridized carbons (Fsp3) is 0.345. The molecule has 1 amide bonds. The maximum Gasteiger partial charge on any atom is 0.232 e. The maximum atomic E-state index is 13.7. The van der Waals surface area contributed by atoms with Crippen LogP contribution in [-0.4, -0.2) is 63.4 Å². The highest BCUT2D eigenvalue weighted by molar-refractivity contribution is 7.92. The molecule has 5 rings (SSSR count). The number of hydrogen-bond donors (Lipinski definition) is 0. The van der Waals surface area contributed by atoms with E-state index in [0.717, 1.165) is 17.7 Å². The highest BCUT2D eigenvalue weighted by Gasteiger charge is 2.25. The molecule has 2 heterocycles. The smallest absolute Gasteiger partial charge is 0.232 e. The Labute approximate surface area is 224 Å². The molecule has 0 N–H and O–H groups in total. The average Bonchev–Trinajstić information content (AvgIpc) is 3.35. The third-order valence-electron chi connectivity index (χ3n) is 6.94. The Balaban J connectivity index is 1.43. The summed E-state index contributed by atoms with van der Waals surface area (Å²) in [5.74, 6) is 1.31. The Morgan fingerprint density at radius 2 is 1.61 bits per heavy atom. The van der Waals surface area contributed by atoms with Gasteiger partial charge in [-0.25, -0.2) is 8.42 Å². The zero-order chi connectivity index (χ0) is 26.5. The van der Waals surface area contributed by atoms with E-state index in [1.54, 1.807) is 0 Å². The van der Waals surface area contributed by atoms with Crippen molar-refractivity contribution in [3.63, 3.8) is 0 Å². The van der Waals surface area contributed by atoms with Gasteiger partial charge in [0, 0.05) is 39.3 Å². The summed E-state index contributed by atoms with van der Waals surface area (Å²) < 4.78 is 38.0. The van der Waals surface area contributed by atoms with Crippen LogP contribution in [0.1, 0.15) is 23.1 Å². The Kier molecular flexibility index (Phi) is 7.85. The number of hydrogen-bond acceptors (Lipinski definition) is 6. The van der Waals surface area contributed by atoms with Crippen molar-refractivity contribution in [2.24, 2.45) is 0 Å². The molecule has 0 aromatic heterocycles. The number of fused-ring (bicyclic) bond motifs is 2. The van der Waals surface area contributed by atoms with E-state index in [-0.39, 0.29) is 19.1 Å². The van der Waals surface area contributed by atoms with Crippen LogP contribution in [-0.2, 0) is 34.3 Å². The molecule has 3 aromatic rings. The fourth-order valence-corrected chi connectivity index (χ4v) is 6.00. The number of carbonyl (C=O) groups is 1. The van der Waals surface area contributed by atoms with E-state index in [1.807, 2.05) is 65.6 Å². The lowest BCUT2D eigenvalue weighted by atomic mass is 10.1. The van der Waals surface area contributed by atoms with Crippen LogP contribution < -0.4 is 13.8 Å². The zero-order valence-electron chi connectivity index (χ0n) is 21.6. The first-order valence-electron chi connectivity index (χ1n) is 12.8. The Morgan fingerprint density at radius 3 is 2.42 bits per heavy atom. The van der Waals surface area contributed by atoms with Crippen molar-refractivity contribution in [2.75, 3.05) is 43.5 Å². The minimum absolute atomic E-state index is 0.0246. The average molecular weight is 536 g/mol. The summed E-state index contributed by atoms with van der Waals surface area (Å²) in [6, 6.07) is 23.3. The van der Waals surface area contributed by atoms with Gasteiger partial charge in [0.25, 0.3) is 0 Å². The second-order valence-corrected chi connectivity index (χ2v) is 11.7. The van der Waals surface area contributed by atoms with Crippen molar-refractivity contribution in [2.45, 2.75) is 25.9 Å². The molecule has 0 radical (unpaired) electrons. The van der Waals surface area contributed by atoms with E-state index in [9.17, 15) is 13.2 Å². The number of para-hydroxylation sites is 1. The Morgan fingerprint density at radius 1 is 0.842 bits per heavy atom. The molecule has 0 atom stereocenters. The van der Waals surface area contributed by atoms with Crippen LogP contribution >= 0.6 is 0 Å². The number of ether oxygens (including phenoxy) is 2. The van der Waals surface area contributed by atoms with Gasteiger partial charge >= 0.3 is 0 Å². The second-order valence-electron chi connectivity index (χ2n) is 9.76. The van der Waals surface area contributed by atoms with Gasteiger partial charge < -0.3 is 14.4 Å². The van der Waals surface area contributed by atoms with Crippen molar-refractivity contribution in [3.05, 3.63) is 89.5 Å². The summed E-state index contributed by atoms with van der Waals surface area (Å²) in [6.45, 7) is 3.55. The Hall–Kier alpha value is -3.56. The minimum atomic E-state index is -3.50. The van der Waals surface area contributed by atoms with Crippen molar-refractivity contribution >= 4 is 21.6 Å². The van der Waals surface area contributed by atoms with Gasteiger partial charge in [0.15, 0.2) is 11.5 Å². The summed E-state index contributed by atoms with van der Waals surface area (Å²) in [5, 5.41) is 0. The molecule has 3 aromatic carbocycles. The monoisotopic (exact) mass is 535 g/mol. The van der Waals surface area contributed by atoms with E-state index in [1.165, 1.54) is 16.1 Å². The Bertz CT molecular complexity index is 1380. The van der Waals surface area contributed by atoms with Crippen molar-refractivity contribution in [1.82, 2.24) is 9.80 Å². The molecule has 200 valence electrons. The van der Waals surface area contributed by atoms with E-state index < -0.39 is 10.0 Å². The second kappa shape index (κ2) is 11.4. The molecule has 0 bridgehead atoms. The molecule has 0 unspecified atom stereocenters. The first kappa shape index (κ1) is 26.1. The van der Waals surface area contributed by atoms with E-state index >= 15 is 0 Å². The van der Waals surface area contributed by atoms with Crippen molar-refractivity contribution < 1.29 is 22.7 Å². The number of nitrogens with zero attached hydrogens (tertiary/aromatic N) is 3. The number of amides is 1. The fourth-order valence-electron chi connectivity index (χ4n) is 5.00. The molecule has 9 heteroatoms. The first-order chi connectivity index (χ1) is 18.4. The molecule has 2 aliphatic heterocycles. The lowest BCUT2D eigenvalue weighted by Gasteiger charge is -2.28. The lowest BCUT2D eigenvalue weighted by Crippen LogP contribution is -2.39. The quantitative estimate of drug-likeness (QED) is 0.496. The lowest BCUT2D eigenvalue weighted by molar-refractivity contribution is -0.131. The molecular weight excluding hydrogens is 502 g/mol. The highest BCUT2D eigenvalue weighted by atomic mass is 32.2. The minimum Gasteiger partial charge on any atom is -0.454 e. The van der Waals surface area contributed by atoms with Gasteiger partial charge in [-0.3, -0.25) is 14.0 Å². The van der Waals surface area contributed by atoms with Gasteiger partial charge in [-0.1, -0.05) is 54.6 Å². The van der Waals surface area contributed by atoms with Gasteiger partial charge in [0.2, 0.25) is 22.7 Å². The van der Waals surface area contributed by atoms with E-state index in [4.69, 9.17) is 9.47 Å². The topological polar surface area (TPSA) is 79.4 Å². The van der Waals surface area contributed by atoms with Crippen LogP contribution in [0.5, 0.6) is 11.5 Å². The van der Waals surface area contributed by atoms with E-state index in [0.29, 0.717) is 56.3 Å². The number of benzene rings is 3. The van der Waals surface area contributed by atoms with Crippen LogP contribution in [0.2, 0.25) is 0 Å². The molecule has 8 nitrogen and oxygen atoms in total. The van der Waals surface area contributed by atoms with Crippen LogP contribution in [0.15, 0.2) is 72.8 Å². The summed E-state index contributed by atoms with van der Waals surface area (Å²) >= 11 is 0. The van der Waals surface area contributed by atoms with Crippen molar-refractivity contribution in [3.8, 4) is 11.5 Å². The number of carbonyl (C=O) groups excluding carboxylic acids is 1. The summed E-state index contributed by atoms with van der Waals surface area (Å²) in [6.07, 6.45) is 2.14. The number of rotatable bonds is 5. The third kappa shape index (κ3) is 6.28. The number of sulfonamides is 1. The summed E-state index contributed by atoms with van der Waals surface area (Å²) in [5.41, 5.74) is 3.48. The van der Waals surface area contributed by atoms with Crippen LogP contribution in [0.25, 0.3) is 0 Å². The van der Waals surface area contributed by atoms with Gasteiger partial charge in [0.1, 0.15) is 0 Å². The summed E-state index contributed by atoms with van der Waals surface area (Å²) in [7, 11) is -3.50. The van der Waals surface area contributed by atoms with Crippen LogP contribution in [0.4, 0.5) is 5.69 Å². The molecule has 0 fully saturated rings. The molecule has 0 saturated carbocycles. The predicted molar refractivity (Wildman–Crippen MR) is 147 cm³/mol. The predicted octanol–water partition coefficient (Wildman–Crippen LogP) is 3.66. The number of anilines is 1. The molecule has 0 aliphatic carbocycles. The van der Waals surface area contributed by atoms with E-state index in [2.05, 4.69) is 17.0 Å². The molecule has 38 heavy (non-hydrogen) atoms. The highest BCUT2D eigenvalue weighted by Crippen LogP contribution is 2.33. The molecule has 0 saturated heterocycles. The van der Waals surface area contributed by atoms with Gasteiger partial charge in [0.05, 0.1) is 18.4 Å². The zero-order valence-corrected chi connectivity index (χ0v) is 22.4. The first-order valence-corrected chi connectivity index (χ1v) is 14.7. The standard InChI is InChI=1S/C29H33N3O5S/c1-38(34,35)32-15-7-14-30(20-23-8-3-2-4-9-23)16-17-31(21-25-10-5-6-11-26(25)32)29(33)19-24-12-13-27-28(18-24)37-22-36-27/h2-6,8-13,18H,7,14-17,19-22H2,1H3. The SMILES string of the molecule is CS(=O)(=O)N1CCCN(Cc2ccccc2)CCN(C(=O)Cc2ccc3c(c2)OCO3)Cc2ccccc21. The summed E-state index contributed by atoms with van der Waals surface area (Å²) in [4.78, 5) is 17.8.